The average molecular weight is 219 g/mol. The molecule has 0 atom stereocenters. The smallest absolute Gasteiger partial charge is 0.288 e. The van der Waals surface area contributed by atoms with Crippen molar-refractivity contribution in [1.29, 1.82) is 0 Å². The number of hydrogen-bond donors (Lipinski definition) is 1. The van der Waals surface area contributed by atoms with Crippen molar-refractivity contribution in [2.45, 2.75) is 13.0 Å². The standard InChI is InChI=1S/C11H13N3O2/c15-11(10-8-12-9-16-10)13-4-3-7-14-5-1-2-6-14/h1-2,5-6,8-9H,3-4,7H2,(H,13,15). The number of carbonyl (C=O) groups excluding carboxylic acids is 1. The largest absolute Gasteiger partial charge is 0.438 e. The Hall–Kier alpha value is -2.04. The summed E-state index contributed by atoms with van der Waals surface area (Å²) in [6.45, 7) is 1.52. The summed E-state index contributed by atoms with van der Waals surface area (Å²) in [7, 11) is 0. The second-order valence-electron chi connectivity index (χ2n) is 3.40. The number of nitrogens with one attached hydrogen (secondary N) is 1. The van der Waals surface area contributed by atoms with Crippen LogP contribution in [-0.2, 0) is 6.54 Å². The van der Waals surface area contributed by atoms with Crippen LogP contribution in [0, 0.1) is 0 Å². The lowest BCUT2D eigenvalue weighted by Gasteiger charge is -2.03. The number of aryl methyl sites for hydroxylation is 1. The van der Waals surface area contributed by atoms with Crippen molar-refractivity contribution in [1.82, 2.24) is 14.9 Å². The lowest BCUT2D eigenvalue weighted by atomic mass is 10.4. The summed E-state index contributed by atoms with van der Waals surface area (Å²) in [5.41, 5.74) is 0. The van der Waals surface area contributed by atoms with Gasteiger partial charge in [0.1, 0.15) is 0 Å². The Kier molecular flexibility index (Phi) is 3.38. The Balaban J connectivity index is 1.67. The number of aromatic nitrogens is 2. The zero-order valence-electron chi connectivity index (χ0n) is 8.80. The van der Waals surface area contributed by atoms with E-state index in [0.717, 1.165) is 13.0 Å². The van der Waals surface area contributed by atoms with E-state index in [1.807, 2.05) is 24.5 Å². The minimum atomic E-state index is -0.218. The molecule has 1 N–H and O–H groups in total. The van der Waals surface area contributed by atoms with Gasteiger partial charge in [-0.2, -0.15) is 0 Å². The van der Waals surface area contributed by atoms with Crippen LogP contribution in [0.15, 0.2) is 41.5 Å². The number of carbonyl (C=O) groups is 1. The molecule has 2 rings (SSSR count). The predicted octanol–water partition coefficient (Wildman–Crippen LogP) is 1.30. The summed E-state index contributed by atoms with van der Waals surface area (Å²) in [4.78, 5) is 15.1. The summed E-state index contributed by atoms with van der Waals surface area (Å²) in [6.07, 6.45) is 7.53. The number of oxazole rings is 1. The molecule has 5 nitrogen and oxygen atoms in total. The number of hydrogen-bond acceptors (Lipinski definition) is 3. The van der Waals surface area contributed by atoms with Gasteiger partial charge in [0.2, 0.25) is 5.76 Å². The van der Waals surface area contributed by atoms with E-state index in [0.29, 0.717) is 6.54 Å². The molecule has 0 aliphatic carbocycles. The summed E-state index contributed by atoms with van der Waals surface area (Å²) in [5, 5.41) is 2.76. The minimum absolute atomic E-state index is 0.218. The molecule has 0 saturated heterocycles. The van der Waals surface area contributed by atoms with E-state index in [1.54, 1.807) is 0 Å². The van der Waals surface area contributed by atoms with Gasteiger partial charge in [0.15, 0.2) is 6.39 Å². The Morgan fingerprint density at radius 2 is 2.25 bits per heavy atom. The van der Waals surface area contributed by atoms with Crippen LogP contribution in [0.3, 0.4) is 0 Å². The van der Waals surface area contributed by atoms with Crippen molar-refractivity contribution in [3.8, 4) is 0 Å². The van der Waals surface area contributed by atoms with Gasteiger partial charge in [-0.05, 0) is 18.6 Å². The molecule has 0 saturated carbocycles. The number of rotatable bonds is 5. The fourth-order valence-electron chi connectivity index (χ4n) is 1.40. The minimum Gasteiger partial charge on any atom is -0.438 e. The van der Waals surface area contributed by atoms with Gasteiger partial charge in [-0.3, -0.25) is 4.79 Å². The molecule has 0 spiro atoms. The van der Waals surface area contributed by atoms with Crippen LogP contribution in [-0.4, -0.2) is 22.0 Å². The van der Waals surface area contributed by atoms with Gasteiger partial charge in [-0.1, -0.05) is 0 Å². The Labute approximate surface area is 93.1 Å². The van der Waals surface area contributed by atoms with Gasteiger partial charge < -0.3 is 14.3 Å². The van der Waals surface area contributed by atoms with E-state index < -0.39 is 0 Å². The second-order valence-corrected chi connectivity index (χ2v) is 3.40. The van der Waals surface area contributed by atoms with E-state index >= 15 is 0 Å². The first-order valence-electron chi connectivity index (χ1n) is 5.14. The molecule has 84 valence electrons. The van der Waals surface area contributed by atoms with Crippen molar-refractivity contribution in [3.05, 3.63) is 42.9 Å². The third-order valence-corrected chi connectivity index (χ3v) is 2.20. The average Bonchev–Trinajstić information content (AvgIpc) is 2.96. The van der Waals surface area contributed by atoms with Crippen LogP contribution < -0.4 is 5.32 Å². The van der Waals surface area contributed by atoms with Crippen LogP contribution >= 0.6 is 0 Å². The number of nitrogens with zero attached hydrogens (tertiary/aromatic N) is 2. The molecule has 2 heterocycles. The third kappa shape index (κ3) is 2.73. The lowest BCUT2D eigenvalue weighted by Crippen LogP contribution is -2.24. The fourth-order valence-corrected chi connectivity index (χ4v) is 1.40. The molecule has 2 aromatic rings. The van der Waals surface area contributed by atoms with Crippen LogP contribution in [0.2, 0.25) is 0 Å². The summed E-state index contributed by atoms with van der Waals surface area (Å²) < 4.78 is 6.94. The quantitative estimate of drug-likeness (QED) is 0.771. The first kappa shape index (κ1) is 10.5. The molecule has 5 heteroatoms. The monoisotopic (exact) mass is 219 g/mol. The van der Waals surface area contributed by atoms with E-state index in [9.17, 15) is 4.79 Å². The zero-order valence-corrected chi connectivity index (χ0v) is 8.80. The maximum atomic E-state index is 11.4. The molecule has 0 aliphatic heterocycles. The molecule has 0 aromatic carbocycles. The van der Waals surface area contributed by atoms with Crippen LogP contribution in [0.1, 0.15) is 17.0 Å². The predicted molar refractivity (Wildman–Crippen MR) is 57.9 cm³/mol. The van der Waals surface area contributed by atoms with Gasteiger partial charge in [-0.25, -0.2) is 4.98 Å². The van der Waals surface area contributed by atoms with Crippen LogP contribution in [0.4, 0.5) is 0 Å². The molecule has 0 unspecified atom stereocenters. The fraction of sp³-hybridized carbons (Fsp3) is 0.273. The molecule has 2 aromatic heterocycles. The van der Waals surface area contributed by atoms with Gasteiger partial charge >= 0.3 is 0 Å². The first-order chi connectivity index (χ1) is 7.86. The van der Waals surface area contributed by atoms with Crippen molar-refractivity contribution < 1.29 is 9.21 Å². The summed E-state index contributed by atoms with van der Waals surface area (Å²) in [5.74, 6) is 0.0333. The maximum Gasteiger partial charge on any atom is 0.288 e. The molecule has 0 aliphatic rings. The molecular weight excluding hydrogens is 206 g/mol. The molecule has 0 radical (unpaired) electrons. The molecule has 16 heavy (non-hydrogen) atoms. The van der Waals surface area contributed by atoms with Crippen molar-refractivity contribution >= 4 is 5.91 Å². The highest BCUT2D eigenvalue weighted by molar-refractivity contribution is 5.90. The highest BCUT2D eigenvalue weighted by Gasteiger charge is 2.07. The van der Waals surface area contributed by atoms with E-state index in [-0.39, 0.29) is 11.7 Å². The molecular formula is C11H13N3O2. The van der Waals surface area contributed by atoms with E-state index in [2.05, 4.69) is 14.9 Å². The van der Waals surface area contributed by atoms with Crippen molar-refractivity contribution in [2.24, 2.45) is 0 Å². The van der Waals surface area contributed by atoms with Gasteiger partial charge in [0.25, 0.3) is 5.91 Å². The Morgan fingerprint density at radius 3 is 2.94 bits per heavy atom. The van der Waals surface area contributed by atoms with Gasteiger partial charge in [0, 0.05) is 25.5 Å². The topological polar surface area (TPSA) is 60.1 Å². The van der Waals surface area contributed by atoms with E-state index in [4.69, 9.17) is 4.42 Å². The summed E-state index contributed by atoms with van der Waals surface area (Å²) >= 11 is 0. The highest BCUT2D eigenvalue weighted by atomic mass is 16.3. The van der Waals surface area contributed by atoms with Crippen LogP contribution in [0.25, 0.3) is 0 Å². The summed E-state index contributed by atoms with van der Waals surface area (Å²) in [6, 6.07) is 3.96. The van der Waals surface area contributed by atoms with Gasteiger partial charge in [0.05, 0.1) is 6.20 Å². The lowest BCUT2D eigenvalue weighted by molar-refractivity contribution is 0.0925. The van der Waals surface area contributed by atoms with E-state index in [1.165, 1.54) is 12.6 Å². The SMILES string of the molecule is O=C(NCCCn1cccc1)c1cnco1. The molecule has 0 bridgehead atoms. The highest BCUT2D eigenvalue weighted by Crippen LogP contribution is 1.96. The maximum absolute atomic E-state index is 11.4. The van der Waals surface area contributed by atoms with Crippen molar-refractivity contribution in [3.63, 3.8) is 0 Å². The Morgan fingerprint density at radius 1 is 1.44 bits per heavy atom. The number of amides is 1. The van der Waals surface area contributed by atoms with Gasteiger partial charge in [-0.15, -0.1) is 0 Å². The molecule has 0 fully saturated rings. The normalized spacial score (nSPS) is 10.2. The molecule has 1 amide bonds. The Bertz CT molecular complexity index is 420. The second kappa shape index (κ2) is 5.16. The van der Waals surface area contributed by atoms with Crippen molar-refractivity contribution in [2.75, 3.05) is 6.54 Å². The third-order valence-electron chi connectivity index (χ3n) is 2.20. The van der Waals surface area contributed by atoms with Crippen LogP contribution in [0.5, 0.6) is 0 Å². The zero-order chi connectivity index (χ0) is 11.2. The first-order valence-corrected chi connectivity index (χ1v) is 5.14.